The predicted molar refractivity (Wildman–Crippen MR) is 57.3 cm³/mol. The third-order valence-corrected chi connectivity index (χ3v) is 2.79. The lowest BCUT2D eigenvalue weighted by Gasteiger charge is -1.88. The first-order chi connectivity index (χ1) is 7.43. The molecule has 0 saturated carbocycles. The molecule has 0 saturated heterocycles. The average Bonchev–Trinajstić information content (AvgIpc) is 3.02. The van der Waals surface area contributed by atoms with Crippen LogP contribution >= 0.6 is 11.3 Å². The van der Waals surface area contributed by atoms with Crippen LogP contribution in [0.1, 0.15) is 0 Å². The van der Waals surface area contributed by atoms with Crippen molar-refractivity contribution >= 4 is 11.3 Å². The zero-order valence-electron chi connectivity index (χ0n) is 7.64. The fraction of sp³-hybridized carbons (Fsp3) is 0. The Kier molecular flexibility index (Phi) is 1.85. The maximum atomic E-state index is 4.43. The molecule has 3 rings (SSSR count). The first-order valence-corrected chi connectivity index (χ1v) is 5.26. The molecule has 0 aliphatic rings. The molecule has 0 radical (unpaired) electrons. The SMILES string of the molecule is c1c[nH]c(-c2csc(-c3ncc[nH]3)n2)n1. The fourth-order valence-electron chi connectivity index (χ4n) is 1.28. The van der Waals surface area contributed by atoms with Crippen LogP contribution in [-0.4, -0.2) is 24.9 Å². The molecule has 15 heavy (non-hydrogen) atoms. The van der Waals surface area contributed by atoms with Gasteiger partial charge < -0.3 is 9.97 Å². The molecule has 0 unspecified atom stereocenters. The number of hydrogen-bond donors (Lipinski definition) is 2. The van der Waals surface area contributed by atoms with Gasteiger partial charge in [-0.25, -0.2) is 15.0 Å². The lowest BCUT2D eigenvalue weighted by molar-refractivity contribution is 1.23. The summed E-state index contributed by atoms with van der Waals surface area (Å²) in [5.74, 6) is 1.57. The lowest BCUT2D eigenvalue weighted by Crippen LogP contribution is -1.82. The Bertz CT molecular complexity index is 488. The number of rotatable bonds is 2. The highest BCUT2D eigenvalue weighted by molar-refractivity contribution is 7.13. The van der Waals surface area contributed by atoms with E-state index in [4.69, 9.17) is 0 Å². The molecule has 2 N–H and O–H groups in total. The van der Waals surface area contributed by atoms with Crippen LogP contribution in [0, 0.1) is 0 Å². The summed E-state index contributed by atoms with van der Waals surface area (Å²) in [6, 6.07) is 0. The molecule has 0 spiro atoms. The van der Waals surface area contributed by atoms with E-state index in [2.05, 4.69) is 24.9 Å². The number of aromatic nitrogens is 5. The second-order valence-corrected chi connectivity index (χ2v) is 3.77. The largest absolute Gasteiger partial charge is 0.343 e. The summed E-state index contributed by atoms with van der Waals surface area (Å²) < 4.78 is 0. The minimum absolute atomic E-state index is 0.782. The van der Waals surface area contributed by atoms with Crippen molar-refractivity contribution in [2.75, 3.05) is 0 Å². The lowest BCUT2D eigenvalue weighted by atomic mass is 10.5. The molecule has 0 aromatic carbocycles. The van der Waals surface area contributed by atoms with Crippen LogP contribution in [0.25, 0.3) is 22.4 Å². The molecule has 3 aromatic heterocycles. The van der Waals surface area contributed by atoms with Crippen LogP contribution in [0.5, 0.6) is 0 Å². The van der Waals surface area contributed by atoms with Crippen molar-refractivity contribution in [1.82, 2.24) is 24.9 Å². The number of imidazole rings is 2. The van der Waals surface area contributed by atoms with E-state index in [1.54, 1.807) is 36.1 Å². The Morgan fingerprint density at radius 3 is 2.40 bits per heavy atom. The summed E-state index contributed by atoms with van der Waals surface area (Å²) >= 11 is 1.54. The van der Waals surface area contributed by atoms with Gasteiger partial charge in [-0.05, 0) is 0 Å². The van der Waals surface area contributed by atoms with Crippen LogP contribution in [-0.2, 0) is 0 Å². The summed E-state index contributed by atoms with van der Waals surface area (Å²) in [5.41, 5.74) is 0.844. The molecular formula is C9H7N5S. The number of aromatic amines is 2. The van der Waals surface area contributed by atoms with E-state index in [9.17, 15) is 0 Å². The first kappa shape index (κ1) is 8.37. The number of hydrogen-bond acceptors (Lipinski definition) is 4. The van der Waals surface area contributed by atoms with Gasteiger partial charge in [-0.2, -0.15) is 0 Å². The highest BCUT2D eigenvalue weighted by Gasteiger charge is 2.08. The van der Waals surface area contributed by atoms with Gasteiger partial charge in [0.05, 0.1) is 0 Å². The van der Waals surface area contributed by atoms with Gasteiger partial charge in [-0.3, -0.25) is 0 Å². The molecule has 6 heteroatoms. The smallest absolute Gasteiger partial charge is 0.166 e. The molecule has 3 heterocycles. The normalized spacial score (nSPS) is 10.7. The molecule has 0 bridgehead atoms. The molecule has 5 nitrogen and oxygen atoms in total. The zero-order chi connectivity index (χ0) is 10.1. The van der Waals surface area contributed by atoms with Gasteiger partial charge >= 0.3 is 0 Å². The van der Waals surface area contributed by atoms with Crippen molar-refractivity contribution in [3.05, 3.63) is 30.2 Å². The molecule has 0 amide bonds. The van der Waals surface area contributed by atoms with Crippen LogP contribution in [0.2, 0.25) is 0 Å². The van der Waals surface area contributed by atoms with E-state index in [1.165, 1.54) is 0 Å². The van der Waals surface area contributed by atoms with Crippen molar-refractivity contribution in [3.63, 3.8) is 0 Å². The van der Waals surface area contributed by atoms with Crippen molar-refractivity contribution in [2.24, 2.45) is 0 Å². The van der Waals surface area contributed by atoms with Crippen LogP contribution < -0.4 is 0 Å². The number of nitrogens with one attached hydrogen (secondary N) is 2. The Labute approximate surface area is 89.3 Å². The van der Waals surface area contributed by atoms with E-state index in [0.29, 0.717) is 0 Å². The molecule has 3 aromatic rings. The van der Waals surface area contributed by atoms with E-state index < -0.39 is 0 Å². The number of thiazole rings is 1. The van der Waals surface area contributed by atoms with E-state index in [0.717, 1.165) is 22.4 Å². The van der Waals surface area contributed by atoms with Gasteiger partial charge in [0, 0.05) is 30.2 Å². The Morgan fingerprint density at radius 2 is 1.73 bits per heavy atom. The van der Waals surface area contributed by atoms with E-state index >= 15 is 0 Å². The molecule has 0 aliphatic heterocycles. The molecule has 0 aliphatic carbocycles. The molecule has 0 fully saturated rings. The van der Waals surface area contributed by atoms with Gasteiger partial charge in [-0.15, -0.1) is 11.3 Å². The minimum Gasteiger partial charge on any atom is -0.343 e. The van der Waals surface area contributed by atoms with Gasteiger partial charge in [0.15, 0.2) is 16.7 Å². The monoisotopic (exact) mass is 217 g/mol. The highest BCUT2D eigenvalue weighted by atomic mass is 32.1. The highest BCUT2D eigenvalue weighted by Crippen LogP contribution is 2.24. The summed E-state index contributed by atoms with van der Waals surface area (Å²) in [6.45, 7) is 0. The predicted octanol–water partition coefficient (Wildman–Crippen LogP) is 1.92. The van der Waals surface area contributed by atoms with Gasteiger partial charge in [-0.1, -0.05) is 0 Å². The zero-order valence-corrected chi connectivity index (χ0v) is 8.45. The molecule has 74 valence electrons. The van der Waals surface area contributed by atoms with Crippen molar-refractivity contribution in [1.29, 1.82) is 0 Å². The van der Waals surface area contributed by atoms with Gasteiger partial charge in [0.1, 0.15) is 5.69 Å². The van der Waals surface area contributed by atoms with E-state index in [-0.39, 0.29) is 0 Å². The van der Waals surface area contributed by atoms with Gasteiger partial charge in [0.2, 0.25) is 0 Å². The van der Waals surface area contributed by atoms with E-state index in [1.807, 2.05) is 5.38 Å². The molecular weight excluding hydrogens is 210 g/mol. The molecule has 0 atom stereocenters. The topological polar surface area (TPSA) is 70.2 Å². The second-order valence-electron chi connectivity index (χ2n) is 2.91. The summed E-state index contributed by atoms with van der Waals surface area (Å²) in [4.78, 5) is 18.7. The Balaban J connectivity index is 2.02. The second kappa shape index (κ2) is 3.32. The van der Waals surface area contributed by atoms with Crippen LogP contribution in [0.4, 0.5) is 0 Å². The average molecular weight is 217 g/mol. The minimum atomic E-state index is 0.782. The van der Waals surface area contributed by atoms with Crippen LogP contribution in [0.3, 0.4) is 0 Å². The number of H-pyrrole nitrogens is 2. The van der Waals surface area contributed by atoms with Crippen molar-refractivity contribution in [3.8, 4) is 22.4 Å². The number of nitrogens with zero attached hydrogens (tertiary/aromatic N) is 3. The summed E-state index contributed by atoms with van der Waals surface area (Å²) in [6.07, 6.45) is 6.98. The summed E-state index contributed by atoms with van der Waals surface area (Å²) in [7, 11) is 0. The fourth-order valence-corrected chi connectivity index (χ4v) is 2.04. The van der Waals surface area contributed by atoms with Crippen molar-refractivity contribution < 1.29 is 0 Å². The Hall–Kier alpha value is -1.95. The third kappa shape index (κ3) is 1.44. The Morgan fingerprint density at radius 1 is 1.00 bits per heavy atom. The van der Waals surface area contributed by atoms with Crippen LogP contribution in [0.15, 0.2) is 30.2 Å². The quantitative estimate of drug-likeness (QED) is 0.689. The maximum absolute atomic E-state index is 4.43. The van der Waals surface area contributed by atoms with Crippen molar-refractivity contribution in [2.45, 2.75) is 0 Å². The van der Waals surface area contributed by atoms with Gasteiger partial charge in [0.25, 0.3) is 0 Å². The standard InChI is InChI=1S/C9H7N5S/c1-2-11-7(10-1)6-5-15-9(14-6)8-12-3-4-13-8/h1-5H,(H,10,11)(H,12,13). The first-order valence-electron chi connectivity index (χ1n) is 4.38. The maximum Gasteiger partial charge on any atom is 0.166 e. The third-order valence-electron chi connectivity index (χ3n) is 1.95. The summed E-state index contributed by atoms with van der Waals surface area (Å²) in [5, 5.41) is 2.82.